The summed E-state index contributed by atoms with van der Waals surface area (Å²) in [7, 11) is -3.85. The van der Waals surface area contributed by atoms with Crippen molar-refractivity contribution in [3.63, 3.8) is 0 Å². The third-order valence-electron chi connectivity index (χ3n) is 3.80. The van der Waals surface area contributed by atoms with Gasteiger partial charge in [-0.25, -0.2) is 8.42 Å². The van der Waals surface area contributed by atoms with Crippen molar-refractivity contribution in [2.45, 2.75) is 24.7 Å². The van der Waals surface area contributed by atoms with Gasteiger partial charge in [-0.2, -0.15) is 0 Å². The molecule has 2 aromatic rings. The van der Waals surface area contributed by atoms with Gasteiger partial charge in [0.1, 0.15) is 4.90 Å². The number of amides is 1. The Morgan fingerprint density at radius 1 is 1.42 bits per heavy atom. The smallest absolute Gasteiger partial charge is 0.264 e. The number of hydrogen-bond acceptors (Lipinski definition) is 4. The van der Waals surface area contributed by atoms with Crippen molar-refractivity contribution in [3.8, 4) is 0 Å². The number of carbonyl (C=O) groups excluding carboxylic acids is 1. The van der Waals surface area contributed by atoms with E-state index in [0.717, 1.165) is 5.56 Å². The topological polar surface area (TPSA) is 79.4 Å². The normalized spacial score (nSPS) is 13.7. The highest BCUT2D eigenvalue weighted by atomic mass is 79.9. The minimum absolute atomic E-state index is 0.0890. The standard InChI is InChI=1S/C16H16BrN3O3S/c1-2-15(21)20-7-5-11-8-12(17)9-14(16(11)20)24(22,23)19-13-4-3-6-18-10-13/h3-4,6,8-10,19H,2,5,7H2,1H3. The fraction of sp³-hybridized carbons (Fsp3) is 0.250. The van der Waals surface area contributed by atoms with Gasteiger partial charge in [0.25, 0.3) is 10.0 Å². The highest BCUT2D eigenvalue weighted by molar-refractivity contribution is 9.10. The number of benzene rings is 1. The van der Waals surface area contributed by atoms with Crippen molar-refractivity contribution >= 4 is 43.2 Å². The van der Waals surface area contributed by atoms with E-state index in [9.17, 15) is 13.2 Å². The summed E-state index contributed by atoms with van der Waals surface area (Å²) in [5.41, 5.74) is 1.69. The fourth-order valence-corrected chi connectivity index (χ4v) is 4.72. The van der Waals surface area contributed by atoms with Gasteiger partial charge >= 0.3 is 0 Å². The molecule has 1 aromatic heterocycles. The fourth-order valence-electron chi connectivity index (χ4n) is 2.75. The van der Waals surface area contributed by atoms with E-state index >= 15 is 0 Å². The molecule has 1 aromatic carbocycles. The van der Waals surface area contributed by atoms with Gasteiger partial charge in [-0.1, -0.05) is 22.9 Å². The van der Waals surface area contributed by atoms with E-state index in [1.54, 1.807) is 30.2 Å². The zero-order valence-electron chi connectivity index (χ0n) is 13.0. The van der Waals surface area contributed by atoms with Crippen LogP contribution in [0.2, 0.25) is 0 Å². The first-order valence-electron chi connectivity index (χ1n) is 7.48. The number of pyridine rings is 1. The second-order valence-electron chi connectivity index (χ2n) is 5.41. The molecule has 1 aliphatic rings. The van der Waals surface area contributed by atoms with E-state index in [-0.39, 0.29) is 10.8 Å². The highest BCUT2D eigenvalue weighted by Crippen LogP contribution is 2.38. The molecule has 0 saturated heterocycles. The average molecular weight is 410 g/mol. The molecule has 0 atom stereocenters. The van der Waals surface area contributed by atoms with Crippen LogP contribution >= 0.6 is 15.9 Å². The number of sulfonamides is 1. The van der Waals surface area contributed by atoms with E-state index < -0.39 is 10.0 Å². The number of nitrogens with one attached hydrogen (secondary N) is 1. The molecular formula is C16H16BrN3O3S. The summed E-state index contributed by atoms with van der Waals surface area (Å²) in [6.07, 6.45) is 3.96. The Kier molecular flexibility index (Phi) is 4.60. The minimum atomic E-state index is -3.85. The van der Waals surface area contributed by atoms with E-state index in [1.807, 2.05) is 6.07 Å². The third kappa shape index (κ3) is 3.16. The first-order chi connectivity index (χ1) is 11.4. The van der Waals surface area contributed by atoms with Crippen molar-refractivity contribution in [2.24, 2.45) is 0 Å². The van der Waals surface area contributed by atoms with Crippen molar-refractivity contribution in [2.75, 3.05) is 16.2 Å². The van der Waals surface area contributed by atoms with Gasteiger partial charge in [-0.15, -0.1) is 0 Å². The molecule has 0 radical (unpaired) electrons. The van der Waals surface area contributed by atoms with Crippen LogP contribution in [-0.4, -0.2) is 25.9 Å². The van der Waals surface area contributed by atoms with Crippen LogP contribution in [0, 0.1) is 0 Å². The zero-order valence-corrected chi connectivity index (χ0v) is 15.4. The average Bonchev–Trinajstić information content (AvgIpc) is 2.97. The SMILES string of the molecule is CCC(=O)N1CCc2cc(Br)cc(S(=O)(=O)Nc3cccnc3)c21. The first kappa shape index (κ1) is 16.9. The Labute approximate surface area is 149 Å². The van der Waals surface area contributed by atoms with Gasteiger partial charge < -0.3 is 4.90 Å². The predicted molar refractivity (Wildman–Crippen MR) is 95.5 cm³/mol. The van der Waals surface area contributed by atoms with Gasteiger partial charge in [0.15, 0.2) is 0 Å². The maximum absolute atomic E-state index is 12.9. The molecule has 24 heavy (non-hydrogen) atoms. The van der Waals surface area contributed by atoms with Crippen LogP contribution in [0.15, 0.2) is 46.0 Å². The summed E-state index contributed by atoms with van der Waals surface area (Å²) < 4.78 is 28.9. The summed E-state index contributed by atoms with van der Waals surface area (Å²) in [4.78, 5) is 17.7. The van der Waals surface area contributed by atoms with Crippen molar-refractivity contribution in [1.82, 2.24) is 4.98 Å². The highest BCUT2D eigenvalue weighted by Gasteiger charge is 2.32. The maximum atomic E-state index is 12.9. The number of carbonyl (C=O) groups is 1. The van der Waals surface area contributed by atoms with E-state index in [0.29, 0.717) is 35.2 Å². The lowest BCUT2D eigenvalue weighted by atomic mass is 10.2. The number of aromatic nitrogens is 1. The van der Waals surface area contributed by atoms with Crippen molar-refractivity contribution in [3.05, 3.63) is 46.7 Å². The van der Waals surface area contributed by atoms with E-state index in [1.165, 1.54) is 12.3 Å². The molecule has 0 aliphatic carbocycles. The molecule has 1 N–H and O–H groups in total. The van der Waals surface area contributed by atoms with Crippen LogP contribution < -0.4 is 9.62 Å². The van der Waals surface area contributed by atoms with Gasteiger partial charge in [0.05, 0.1) is 17.6 Å². The molecule has 3 rings (SSSR count). The van der Waals surface area contributed by atoms with Crippen LogP contribution in [0.4, 0.5) is 11.4 Å². The Balaban J connectivity index is 2.09. The summed E-state index contributed by atoms with van der Waals surface area (Å²) >= 11 is 3.36. The molecule has 1 aliphatic heterocycles. The first-order valence-corrected chi connectivity index (χ1v) is 9.75. The number of rotatable bonds is 4. The van der Waals surface area contributed by atoms with Gasteiger partial charge in [0, 0.05) is 23.6 Å². The second kappa shape index (κ2) is 6.52. The minimum Gasteiger partial charge on any atom is -0.310 e. The summed E-state index contributed by atoms with van der Waals surface area (Å²) in [6, 6.07) is 6.66. The molecule has 126 valence electrons. The maximum Gasteiger partial charge on any atom is 0.264 e. The Bertz CT molecular complexity index is 885. The molecule has 6 nitrogen and oxygen atoms in total. The van der Waals surface area contributed by atoms with E-state index in [2.05, 4.69) is 25.6 Å². The largest absolute Gasteiger partial charge is 0.310 e. The predicted octanol–water partition coefficient (Wildman–Crippen LogP) is 2.94. The lowest BCUT2D eigenvalue weighted by Crippen LogP contribution is -2.29. The number of halogens is 1. The Hall–Kier alpha value is -1.93. The number of hydrogen-bond donors (Lipinski definition) is 1. The van der Waals surface area contributed by atoms with Crippen molar-refractivity contribution < 1.29 is 13.2 Å². The van der Waals surface area contributed by atoms with Crippen LogP contribution in [0.1, 0.15) is 18.9 Å². The van der Waals surface area contributed by atoms with Crippen LogP contribution in [-0.2, 0) is 21.2 Å². The van der Waals surface area contributed by atoms with Gasteiger partial charge in [0.2, 0.25) is 5.91 Å². The monoisotopic (exact) mass is 409 g/mol. The molecule has 2 heterocycles. The molecule has 8 heteroatoms. The lowest BCUT2D eigenvalue weighted by Gasteiger charge is -2.20. The number of anilines is 2. The van der Waals surface area contributed by atoms with Crippen LogP contribution in [0.3, 0.4) is 0 Å². The number of fused-ring (bicyclic) bond motifs is 1. The second-order valence-corrected chi connectivity index (χ2v) is 7.97. The van der Waals surface area contributed by atoms with Crippen LogP contribution in [0.5, 0.6) is 0 Å². The van der Waals surface area contributed by atoms with E-state index in [4.69, 9.17) is 0 Å². The third-order valence-corrected chi connectivity index (χ3v) is 5.65. The quantitative estimate of drug-likeness (QED) is 0.841. The molecule has 0 unspecified atom stereocenters. The van der Waals surface area contributed by atoms with Gasteiger partial charge in [-0.3, -0.25) is 14.5 Å². The molecule has 0 saturated carbocycles. The lowest BCUT2D eigenvalue weighted by molar-refractivity contribution is -0.118. The molecule has 1 amide bonds. The van der Waals surface area contributed by atoms with Gasteiger partial charge in [-0.05, 0) is 36.2 Å². The summed E-state index contributed by atoms with van der Waals surface area (Å²) in [6.45, 7) is 2.26. The zero-order chi connectivity index (χ0) is 17.3. The molecule has 0 bridgehead atoms. The molecule has 0 spiro atoms. The molecule has 0 fully saturated rings. The van der Waals surface area contributed by atoms with Crippen LogP contribution in [0.25, 0.3) is 0 Å². The Morgan fingerprint density at radius 2 is 2.21 bits per heavy atom. The summed E-state index contributed by atoms with van der Waals surface area (Å²) in [5.74, 6) is -0.0890. The Morgan fingerprint density at radius 3 is 2.88 bits per heavy atom. The summed E-state index contributed by atoms with van der Waals surface area (Å²) in [5, 5.41) is 0. The van der Waals surface area contributed by atoms with Crippen molar-refractivity contribution in [1.29, 1.82) is 0 Å². The molecular weight excluding hydrogens is 394 g/mol. The number of nitrogens with zero attached hydrogens (tertiary/aromatic N) is 2.